The van der Waals surface area contributed by atoms with Gasteiger partial charge in [-0.05, 0) is 19.4 Å². The second-order valence-electron chi connectivity index (χ2n) is 3.00. The molecule has 0 aliphatic rings. The summed E-state index contributed by atoms with van der Waals surface area (Å²) in [7, 11) is 1.52. The van der Waals surface area contributed by atoms with Crippen molar-refractivity contribution in [2.45, 2.75) is 13.8 Å². The third kappa shape index (κ3) is 1.46. The third-order valence-electron chi connectivity index (χ3n) is 2.09. The molecule has 1 aromatic rings. The van der Waals surface area contributed by atoms with Gasteiger partial charge in [0.05, 0.1) is 11.3 Å². The first-order valence-corrected chi connectivity index (χ1v) is 4.01. The van der Waals surface area contributed by atoms with Crippen molar-refractivity contribution in [3.8, 4) is 0 Å². The van der Waals surface area contributed by atoms with Gasteiger partial charge >= 0.3 is 0 Å². The highest BCUT2D eigenvalue weighted by molar-refractivity contribution is 5.98. The number of rotatable bonds is 1. The van der Waals surface area contributed by atoms with E-state index in [1.54, 1.807) is 13.8 Å². The average molecular weight is 196 g/mol. The Balaban J connectivity index is 3.64. The zero-order valence-electron chi connectivity index (χ0n) is 8.27. The molecular weight excluding hydrogens is 184 g/mol. The maximum absolute atomic E-state index is 11.6. The van der Waals surface area contributed by atoms with E-state index in [2.05, 4.69) is 10.3 Å². The molecule has 0 unspecified atom stereocenters. The van der Waals surface area contributed by atoms with Crippen molar-refractivity contribution in [3.05, 3.63) is 27.2 Å². The molecule has 0 bridgehead atoms. The van der Waals surface area contributed by atoms with Gasteiger partial charge in [0.2, 0.25) is 0 Å². The molecule has 3 N–H and O–H groups in total. The Morgan fingerprint density at radius 1 is 1.57 bits per heavy atom. The predicted molar refractivity (Wildman–Crippen MR) is 51.5 cm³/mol. The maximum atomic E-state index is 11.6. The minimum atomic E-state index is -0.372. The van der Waals surface area contributed by atoms with Crippen molar-refractivity contribution < 1.29 is 5.21 Å². The molecule has 0 saturated heterocycles. The Hall–Kier alpha value is -1.85. The molecule has 6 heteroatoms. The number of aryl methyl sites for hydroxylation is 2. The van der Waals surface area contributed by atoms with Crippen LogP contribution in [0.3, 0.4) is 0 Å². The van der Waals surface area contributed by atoms with E-state index in [0.29, 0.717) is 11.3 Å². The molecule has 0 fully saturated rings. The molecule has 1 heterocycles. The first kappa shape index (κ1) is 10.2. The van der Waals surface area contributed by atoms with Crippen LogP contribution in [0.2, 0.25) is 0 Å². The van der Waals surface area contributed by atoms with Crippen molar-refractivity contribution >= 4 is 5.84 Å². The molecule has 0 aliphatic heterocycles. The Morgan fingerprint density at radius 2 is 2.14 bits per heavy atom. The Kier molecular flexibility index (Phi) is 2.55. The van der Waals surface area contributed by atoms with Crippen molar-refractivity contribution in [3.63, 3.8) is 0 Å². The summed E-state index contributed by atoms with van der Waals surface area (Å²) >= 11 is 0. The van der Waals surface area contributed by atoms with E-state index in [9.17, 15) is 4.79 Å². The van der Waals surface area contributed by atoms with E-state index >= 15 is 0 Å². The van der Waals surface area contributed by atoms with Crippen LogP contribution in [-0.2, 0) is 7.05 Å². The topological polar surface area (TPSA) is 93.5 Å². The van der Waals surface area contributed by atoms with E-state index in [0.717, 1.165) is 4.68 Å². The molecule has 0 amide bonds. The van der Waals surface area contributed by atoms with Gasteiger partial charge in [0, 0.05) is 7.05 Å². The highest BCUT2D eigenvalue weighted by atomic mass is 16.4. The molecule has 0 spiro atoms. The first-order chi connectivity index (χ1) is 6.49. The van der Waals surface area contributed by atoms with E-state index < -0.39 is 0 Å². The predicted octanol–water partition coefficient (Wildman–Crippen LogP) is -0.508. The standard InChI is InChI=1S/C8H12N4O2/c1-4-5(2)10-12(3)8(13)6(4)7(9)11-14/h14H,1-3H3,(H2,9,11). The molecule has 0 aliphatic carbocycles. The highest BCUT2D eigenvalue weighted by Crippen LogP contribution is 2.04. The lowest BCUT2D eigenvalue weighted by molar-refractivity contribution is 0.318. The van der Waals surface area contributed by atoms with Gasteiger partial charge in [0.15, 0.2) is 5.84 Å². The lowest BCUT2D eigenvalue weighted by atomic mass is 10.1. The van der Waals surface area contributed by atoms with E-state index in [1.807, 2.05) is 0 Å². The second kappa shape index (κ2) is 3.49. The SMILES string of the molecule is Cc1nn(C)c(=O)c(/C(N)=N\O)c1C. The van der Waals surface area contributed by atoms with Gasteiger partial charge in [-0.15, -0.1) is 0 Å². The highest BCUT2D eigenvalue weighted by Gasteiger charge is 2.13. The number of amidine groups is 1. The minimum absolute atomic E-state index is 0.186. The molecule has 0 atom stereocenters. The van der Waals surface area contributed by atoms with Gasteiger partial charge in [-0.3, -0.25) is 4.79 Å². The summed E-state index contributed by atoms with van der Waals surface area (Å²) in [6, 6.07) is 0. The quantitative estimate of drug-likeness (QED) is 0.274. The van der Waals surface area contributed by atoms with Crippen molar-refractivity contribution in [1.29, 1.82) is 0 Å². The first-order valence-electron chi connectivity index (χ1n) is 4.01. The van der Waals surface area contributed by atoms with Gasteiger partial charge in [-0.1, -0.05) is 5.16 Å². The number of hydrogen-bond donors (Lipinski definition) is 2. The maximum Gasteiger partial charge on any atom is 0.277 e. The largest absolute Gasteiger partial charge is 0.409 e. The summed E-state index contributed by atoms with van der Waals surface area (Å²) < 4.78 is 1.16. The minimum Gasteiger partial charge on any atom is -0.409 e. The van der Waals surface area contributed by atoms with Crippen LogP contribution in [0.25, 0.3) is 0 Å². The average Bonchev–Trinajstić information content (AvgIpc) is 2.15. The van der Waals surface area contributed by atoms with Crippen molar-refractivity contribution in [2.24, 2.45) is 17.9 Å². The molecule has 76 valence electrons. The lowest BCUT2D eigenvalue weighted by Crippen LogP contribution is -2.32. The fraction of sp³-hybridized carbons (Fsp3) is 0.375. The summed E-state index contributed by atoms with van der Waals surface area (Å²) in [6.07, 6.45) is 0. The van der Waals surface area contributed by atoms with Crippen LogP contribution in [0.5, 0.6) is 0 Å². The summed E-state index contributed by atoms with van der Waals surface area (Å²) in [4.78, 5) is 11.6. The van der Waals surface area contributed by atoms with Gasteiger partial charge in [-0.2, -0.15) is 5.10 Å². The lowest BCUT2D eigenvalue weighted by Gasteiger charge is -2.07. The van der Waals surface area contributed by atoms with Crippen LogP contribution < -0.4 is 11.3 Å². The van der Waals surface area contributed by atoms with E-state index in [4.69, 9.17) is 10.9 Å². The Morgan fingerprint density at radius 3 is 2.64 bits per heavy atom. The number of nitrogens with two attached hydrogens (primary N) is 1. The van der Waals surface area contributed by atoms with Crippen LogP contribution in [-0.4, -0.2) is 20.8 Å². The van der Waals surface area contributed by atoms with Gasteiger partial charge in [0.1, 0.15) is 0 Å². The van der Waals surface area contributed by atoms with Crippen molar-refractivity contribution in [1.82, 2.24) is 9.78 Å². The summed E-state index contributed by atoms with van der Waals surface area (Å²) in [5.41, 5.74) is 6.52. The smallest absolute Gasteiger partial charge is 0.277 e. The molecular formula is C8H12N4O2. The summed E-state index contributed by atoms with van der Waals surface area (Å²) in [6.45, 7) is 3.46. The molecule has 0 aromatic carbocycles. The molecule has 0 radical (unpaired) electrons. The third-order valence-corrected chi connectivity index (χ3v) is 2.09. The molecule has 6 nitrogen and oxygen atoms in total. The van der Waals surface area contributed by atoms with Crippen LogP contribution >= 0.6 is 0 Å². The van der Waals surface area contributed by atoms with Crippen LogP contribution in [0.1, 0.15) is 16.8 Å². The number of aromatic nitrogens is 2. The number of nitrogens with zero attached hydrogens (tertiary/aromatic N) is 3. The molecule has 0 saturated carbocycles. The summed E-state index contributed by atoms with van der Waals surface area (Å²) in [5.74, 6) is -0.186. The van der Waals surface area contributed by atoms with Crippen LogP contribution in [0.15, 0.2) is 9.95 Å². The summed E-state index contributed by atoms with van der Waals surface area (Å²) in [5, 5.41) is 15.3. The van der Waals surface area contributed by atoms with Gasteiger partial charge < -0.3 is 10.9 Å². The fourth-order valence-electron chi connectivity index (χ4n) is 1.20. The Bertz CT molecular complexity index is 447. The molecule has 14 heavy (non-hydrogen) atoms. The molecule has 1 aromatic heterocycles. The van der Waals surface area contributed by atoms with E-state index in [-0.39, 0.29) is 17.0 Å². The Labute approximate surface area is 80.7 Å². The van der Waals surface area contributed by atoms with Gasteiger partial charge in [0.25, 0.3) is 5.56 Å². The van der Waals surface area contributed by atoms with E-state index in [1.165, 1.54) is 7.05 Å². The zero-order valence-corrected chi connectivity index (χ0v) is 8.27. The second-order valence-corrected chi connectivity index (χ2v) is 3.00. The zero-order chi connectivity index (χ0) is 10.9. The van der Waals surface area contributed by atoms with Crippen LogP contribution in [0.4, 0.5) is 0 Å². The monoisotopic (exact) mass is 196 g/mol. The normalized spacial score (nSPS) is 11.8. The van der Waals surface area contributed by atoms with Crippen molar-refractivity contribution in [2.75, 3.05) is 0 Å². The van der Waals surface area contributed by atoms with Crippen LogP contribution in [0, 0.1) is 13.8 Å². The fourth-order valence-corrected chi connectivity index (χ4v) is 1.20. The number of oxime groups is 1. The number of hydrogen-bond acceptors (Lipinski definition) is 4. The van der Waals surface area contributed by atoms with Gasteiger partial charge in [-0.25, -0.2) is 4.68 Å². The molecule has 1 rings (SSSR count).